The quantitative estimate of drug-likeness (QED) is 0.713. The molecule has 2 heterocycles. The minimum Gasteiger partial charge on any atom is -0.481 e. The standard InChI is InChI=1S/C13H11FN2O2/c1-17-13-12-10(14)5-2-6-11(12)15-16(13)8-9-4-3-7-18-9/h2-7H,8H2,1H3. The van der Waals surface area contributed by atoms with E-state index >= 15 is 0 Å². The van der Waals surface area contributed by atoms with Gasteiger partial charge in [0.05, 0.1) is 24.3 Å². The second kappa shape index (κ2) is 4.18. The number of fused-ring (bicyclic) bond motifs is 1. The Kier molecular flexibility index (Phi) is 2.51. The number of aromatic nitrogens is 2. The van der Waals surface area contributed by atoms with Gasteiger partial charge in [-0.25, -0.2) is 9.07 Å². The second-order valence-corrected chi connectivity index (χ2v) is 3.88. The van der Waals surface area contributed by atoms with Crippen molar-refractivity contribution in [3.8, 4) is 5.88 Å². The molecule has 0 saturated carbocycles. The normalized spacial score (nSPS) is 11.0. The summed E-state index contributed by atoms with van der Waals surface area (Å²) in [4.78, 5) is 0. The number of furan rings is 1. The summed E-state index contributed by atoms with van der Waals surface area (Å²) in [6, 6.07) is 8.40. The summed E-state index contributed by atoms with van der Waals surface area (Å²) >= 11 is 0. The van der Waals surface area contributed by atoms with Crippen molar-refractivity contribution < 1.29 is 13.5 Å². The first kappa shape index (κ1) is 10.8. The summed E-state index contributed by atoms with van der Waals surface area (Å²) in [5.41, 5.74) is 0.568. The number of hydrogen-bond donors (Lipinski definition) is 0. The van der Waals surface area contributed by atoms with Crippen LogP contribution in [0.25, 0.3) is 10.9 Å². The van der Waals surface area contributed by atoms with Crippen LogP contribution in [-0.4, -0.2) is 16.9 Å². The fourth-order valence-corrected chi connectivity index (χ4v) is 1.98. The number of methoxy groups -OCH3 is 1. The highest BCUT2D eigenvalue weighted by molar-refractivity contribution is 5.84. The molecule has 2 aromatic heterocycles. The van der Waals surface area contributed by atoms with Gasteiger partial charge in [0, 0.05) is 0 Å². The van der Waals surface area contributed by atoms with Crippen LogP contribution in [0.1, 0.15) is 5.76 Å². The Morgan fingerprint density at radius 3 is 2.94 bits per heavy atom. The van der Waals surface area contributed by atoms with Crippen molar-refractivity contribution in [3.63, 3.8) is 0 Å². The number of benzene rings is 1. The van der Waals surface area contributed by atoms with Crippen LogP contribution in [0, 0.1) is 5.82 Å². The SMILES string of the molecule is COc1c2c(F)cccc2nn1Cc1ccco1. The molecule has 0 bridgehead atoms. The van der Waals surface area contributed by atoms with Crippen LogP contribution in [-0.2, 0) is 6.54 Å². The highest BCUT2D eigenvalue weighted by Gasteiger charge is 2.16. The summed E-state index contributed by atoms with van der Waals surface area (Å²) in [5, 5.41) is 4.71. The van der Waals surface area contributed by atoms with Crippen LogP contribution in [0.5, 0.6) is 5.88 Å². The van der Waals surface area contributed by atoms with E-state index in [0.29, 0.717) is 23.3 Å². The Morgan fingerprint density at radius 2 is 2.22 bits per heavy atom. The van der Waals surface area contributed by atoms with Crippen molar-refractivity contribution in [1.82, 2.24) is 9.78 Å². The molecule has 1 aromatic carbocycles. The van der Waals surface area contributed by atoms with E-state index in [-0.39, 0.29) is 5.82 Å². The fourth-order valence-electron chi connectivity index (χ4n) is 1.98. The first-order chi connectivity index (χ1) is 8.79. The lowest BCUT2D eigenvalue weighted by molar-refractivity contribution is 0.360. The number of rotatable bonds is 3. The zero-order valence-electron chi connectivity index (χ0n) is 9.76. The van der Waals surface area contributed by atoms with Gasteiger partial charge in [-0.15, -0.1) is 0 Å². The zero-order chi connectivity index (χ0) is 12.5. The van der Waals surface area contributed by atoms with E-state index in [2.05, 4.69) is 5.10 Å². The van der Waals surface area contributed by atoms with E-state index in [1.54, 1.807) is 29.1 Å². The average molecular weight is 246 g/mol. The largest absolute Gasteiger partial charge is 0.481 e. The molecule has 0 saturated heterocycles. The van der Waals surface area contributed by atoms with E-state index in [9.17, 15) is 4.39 Å². The Labute approximate surface area is 103 Å². The van der Waals surface area contributed by atoms with Gasteiger partial charge in [0.2, 0.25) is 5.88 Å². The maximum absolute atomic E-state index is 13.8. The molecule has 0 spiro atoms. The van der Waals surface area contributed by atoms with E-state index in [0.717, 1.165) is 5.76 Å². The zero-order valence-corrected chi connectivity index (χ0v) is 9.76. The molecule has 0 amide bonds. The third kappa shape index (κ3) is 1.64. The average Bonchev–Trinajstić information content (AvgIpc) is 2.97. The highest BCUT2D eigenvalue weighted by atomic mass is 19.1. The summed E-state index contributed by atoms with van der Waals surface area (Å²) in [6.45, 7) is 0.407. The van der Waals surface area contributed by atoms with Crippen molar-refractivity contribution >= 4 is 10.9 Å². The van der Waals surface area contributed by atoms with Gasteiger partial charge in [-0.3, -0.25) is 0 Å². The number of hydrogen-bond acceptors (Lipinski definition) is 3. The predicted octanol–water partition coefficient (Wildman–Crippen LogP) is 2.83. The van der Waals surface area contributed by atoms with E-state index in [1.807, 2.05) is 6.07 Å². The van der Waals surface area contributed by atoms with Gasteiger partial charge in [0.25, 0.3) is 0 Å². The lowest BCUT2D eigenvalue weighted by Crippen LogP contribution is -2.03. The van der Waals surface area contributed by atoms with Crippen molar-refractivity contribution in [1.29, 1.82) is 0 Å². The van der Waals surface area contributed by atoms with Crippen molar-refractivity contribution in [3.05, 3.63) is 48.2 Å². The Balaban J connectivity index is 2.14. The minimum absolute atomic E-state index is 0.338. The van der Waals surface area contributed by atoms with Gasteiger partial charge < -0.3 is 9.15 Å². The van der Waals surface area contributed by atoms with Gasteiger partial charge in [0.1, 0.15) is 18.1 Å². The lowest BCUT2D eigenvalue weighted by Gasteiger charge is -2.04. The summed E-state index contributed by atoms with van der Waals surface area (Å²) < 4.78 is 25.9. The van der Waals surface area contributed by atoms with E-state index in [1.165, 1.54) is 13.2 Å². The molecule has 0 atom stereocenters. The van der Waals surface area contributed by atoms with Crippen LogP contribution in [0.3, 0.4) is 0 Å². The molecule has 0 radical (unpaired) electrons. The maximum Gasteiger partial charge on any atom is 0.223 e. The maximum atomic E-state index is 13.8. The van der Waals surface area contributed by atoms with Crippen molar-refractivity contribution in [2.45, 2.75) is 6.54 Å². The topological polar surface area (TPSA) is 40.2 Å². The van der Waals surface area contributed by atoms with Crippen LogP contribution < -0.4 is 4.74 Å². The molecule has 0 aliphatic heterocycles. The smallest absolute Gasteiger partial charge is 0.223 e. The Bertz CT molecular complexity index is 674. The molecule has 4 nitrogen and oxygen atoms in total. The third-order valence-electron chi connectivity index (χ3n) is 2.75. The van der Waals surface area contributed by atoms with Crippen molar-refractivity contribution in [2.24, 2.45) is 0 Å². The molecule has 0 N–H and O–H groups in total. The molecule has 3 rings (SSSR count). The monoisotopic (exact) mass is 246 g/mol. The molecular formula is C13H11FN2O2. The van der Waals surface area contributed by atoms with Crippen LogP contribution in [0.15, 0.2) is 41.0 Å². The molecule has 0 aliphatic rings. The summed E-state index contributed by atoms with van der Waals surface area (Å²) in [5.74, 6) is 0.802. The minimum atomic E-state index is -0.338. The molecule has 18 heavy (non-hydrogen) atoms. The van der Waals surface area contributed by atoms with E-state index in [4.69, 9.17) is 9.15 Å². The van der Waals surface area contributed by atoms with Crippen molar-refractivity contribution in [2.75, 3.05) is 7.11 Å². The number of halogens is 1. The van der Waals surface area contributed by atoms with Gasteiger partial charge in [0.15, 0.2) is 0 Å². The number of ether oxygens (including phenoxy) is 1. The van der Waals surface area contributed by atoms with Gasteiger partial charge >= 0.3 is 0 Å². The van der Waals surface area contributed by atoms with Crippen LogP contribution in [0.2, 0.25) is 0 Å². The Morgan fingerprint density at radius 1 is 1.33 bits per heavy atom. The first-order valence-electron chi connectivity index (χ1n) is 5.51. The highest BCUT2D eigenvalue weighted by Crippen LogP contribution is 2.28. The molecule has 0 unspecified atom stereocenters. The summed E-state index contributed by atoms with van der Waals surface area (Å²) in [6.07, 6.45) is 1.59. The van der Waals surface area contributed by atoms with Crippen LogP contribution >= 0.6 is 0 Å². The first-order valence-corrected chi connectivity index (χ1v) is 5.51. The molecule has 0 aliphatic carbocycles. The molecule has 3 aromatic rings. The fraction of sp³-hybridized carbons (Fsp3) is 0.154. The number of nitrogens with zero attached hydrogens (tertiary/aromatic N) is 2. The van der Waals surface area contributed by atoms with Gasteiger partial charge in [-0.2, -0.15) is 5.10 Å². The molecule has 92 valence electrons. The molecule has 5 heteroatoms. The van der Waals surface area contributed by atoms with E-state index < -0.39 is 0 Å². The predicted molar refractivity (Wildman–Crippen MR) is 64.1 cm³/mol. The molecule has 0 fully saturated rings. The molecular weight excluding hydrogens is 235 g/mol. The third-order valence-corrected chi connectivity index (χ3v) is 2.75. The summed E-state index contributed by atoms with van der Waals surface area (Å²) in [7, 11) is 1.50. The van der Waals surface area contributed by atoms with Gasteiger partial charge in [-0.1, -0.05) is 6.07 Å². The van der Waals surface area contributed by atoms with Crippen LogP contribution in [0.4, 0.5) is 4.39 Å². The van der Waals surface area contributed by atoms with Gasteiger partial charge in [-0.05, 0) is 24.3 Å². The lowest BCUT2D eigenvalue weighted by atomic mass is 10.2. The second-order valence-electron chi connectivity index (χ2n) is 3.88. The Hall–Kier alpha value is -2.30.